The van der Waals surface area contributed by atoms with Crippen molar-refractivity contribution in [2.75, 3.05) is 5.88 Å². The summed E-state index contributed by atoms with van der Waals surface area (Å²) in [6.07, 6.45) is 3.53. The minimum Gasteiger partial charge on any atom is -0.268 e. The quantitative estimate of drug-likeness (QED) is 0.564. The molecule has 2 nitrogen and oxygen atoms in total. The van der Waals surface area contributed by atoms with Gasteiger partial charge >= 0.3 is 0 Å². The van der Waals surface area contributed by atoms with Crippen molar-refractivity contribution in [3.8, 4) is 0 Å². The molecule has 0 aliphatic rings. The Morgan fingerprint density at radius 1 is 1.47 bits per heavy atom. The first-order valence-electron chi connectivity index (χ1n) is 5.95. The molecular weight excluding hydrogens is 255 g/mol. The molecule has 17 heavy (non-hydrogen) atoms. The summed E-state index contributed by atoms with van der Waals surface area (Å²) in [4.78, 5) is 0. The maximum atomic E-state index is 6.37. The van der Waals surface area contributed by atoms with Crippen LogP contribution in [0.15, 0.2) is 12.7 Å². The molecule has 1 unspecified atom stereocenters. The average Bonchev–Trinajstić information content (AvgIpc) is 2.66. The van der Waals surface area contributed by atoms with Crippen LogP contribution in [0, 0.1) is 5.41 Å². The van der Waals surface area contributed by atoms with E-state index in [2.05, 4.69) is 32.4 Å². The van der Waals surface area contributed by atoms with E-state index in [1.165, 1.54) is 0 Å². The van der Waals surface area contributed by atoms with Gasteiger partial charge < -0.3 is 0 Å². The van der Waals surface area contributed by atoms with Crippen LogP contribution in [0.1, 0.15) is 32.2 Å². The summed E-state index contributed by atoms with van der Waals surface area (Å²) in [5.74, 6) is 0.531. The van der Waals surface area contributed by atoms with Gasteiger partial charge in [0.25, 0.3) is 0 Å². The number of hydrogen-bond acceptors (Lipinski definition) is 1. The van der Waals surface area contributed by atoms with E-state index in [0.29, 0.717) is 5.88 Å². The Balaban J connectivity index is 3.12. The molecule has 0 radical (unpaired) electrons. The number of alkyl halides is 1. The molecule has 96 valence electrons. The van der Waals surface area contributed by atoms with Crippen LogP contribution in [0.3, 0.4) is 0 Å². The van der Waals surface area contributed by atoms with Crippen LogP contribution in [-0.2, 0) is 19.4 Å². The summed E-state index contributed by atoms with van der Waals surface area (Å²) in [6.45, 7) is 10.9. The highest BCUT2D eigenvalue weighted by molar-refractivity contribution is 6.31. The van der Waals surface area contributed by atoms with Crippen molar-refractivity contribution in [1.29, 1.82) is 0 Å². The lowest BCUT2D eigenvalue weighted by molar-refractivity contribution is 0.458. The molecule has 0 aliphatic carbocycles. The molecule has 1 aromatic rings. The largest absolute Gasteiger partial charge is 0.268 e. The monoisotopic (exact) mass is 274 g/mol. The van der Waals surface area contributed by atoms with Crippen LogP contribution in [0.2, 0.25) is 5.02 Å². The average molecular weight is 275 g/mol. The predicted molar refractivity (Wildman–Crippen MR) is 75.0 cm³/mol. The van der Waals surface area contributed by atoms with E-state index in [4.69, 9.17) is 23.2 Å². The van der Waals surface area contributed by atoms with E-state index in [1.807, 2.05) is 10.8 Å². The summed E-state index contributed by atoms with van der Waals surface area (Å²) in [5, 5.41) is 5.29. The second kappa shape index (κ2) is 5.92. The first-order valence-corrected chi connectivity index (χ1v) is 6.86. The molecule has 0 bridgehead atoms. The highest BCUT2D eigenvalue weighted by Gasteiger charge is 2.25. The Bertz CT molecular complexity index is 398. The van der Waals surface area contributed by atoms with Gasteiger partial charge in [-0.25, -0.2) is 0 Å². The Hall–Kier alpha value is -0.470. The van der Waals surface area contributed by atoms with E-state index in [-0.39, 0.29) is 5.41 Å². The van der Waals surface area contributed by atoms with E-state index < -0.39 is 0 Å². The zero-order chi connectivity index (χ0) is 13.1. The molecular formula is C13H20Cl2N2. The summed E-state index contributed by atoms with van der Waals surface area (Å²) in [7, 11) is 0. The second-order valence-electron chi connectivity index (χ2n) is 4.55. The maximum Gasteiger partial charge on any atom is 0.0850 e. The number of allylic oxidation sites excluding steroid dienone is 1. The smallest absolute Gasteiger partial charge is 0.0850 e. The number of nitrogens with zero attached hydrogens (tertiary/aromatic N) is 2. The van der Waals surface area contributed by atoms with Crippen molar-refractivity contribution in [2.45, 2.75) is 40.2 Å². The summed E-state index contributed by atoms with van der Waals surface area (Å²) in [6, 6.07) is 0. The summed E-state index contributed by atoms with van der Waals surface area (Å²) >= 11 is 12.4. The summed E-state index contributed by atoms with van der Waals surface area (Å²) in [5.41, 5.74) is 1.89. The maximum absolute atomic E-state index is 6.37. The van der Waals surface area contributed by atoms with Crippen LogP contribution in [0.25, 0.3) is 0 Å². The Labute approximate surface area is 114 Å². The third kappa shape index (κ3) is 3.05. The number of halogens is 2. The number of hydrogen-bond donors (Lipinski definition) is 0. The number of rotatable bonds is 6. The van der Waals surface area contributed by atoms with Crippen molar-refractivity contribution < 1.29 is 0 Å². The molecule has 1 rings (SSSR count). The molecule has 0 saturated heterocycles. The van der Waals surface area contributed by atoms with E-state index in [0.717, 1.165) is 35.8 Å². The molecule has 1 aromatic heterocycles. The predicted octanol–water partition coefficient (Wildman–Crippen LogP) is 4.09. The van der Waals surface area contributed by atoms with Gasteiger partial charge in [-0.3, -0.25) is 4.68 Å². The van der Waals surface area contributed by atoms with Gasteiger partial charge in [0.1, 0.15) is 0 Å². The van der Waals surface area contributed by atoms with Gasteiger partial charge in [-0.15, -0.1) is 18.2 Å². The van der Waals surface area contributed by atoms with Gasteiger partial charge in [-0.1, -0.05) is 31.5 Å². The van der Waals surface area contributed by atoms with Gasteiger partial charge in [-0.2, -0.15) is 5.10 Å². The molecule has 0 saturated carbocycles. The van der Waals surface area contributed by atoms with Crippen LogP contribution in [0.5, 0.6) is 0 Å². The Morgan fingerprint density at radius 2 is 2.12 bits per heavy atom. The van der Waals surface area contributed by atoms with Gasteiger partial charge in [0.05, 0.1) is 16.4 Å². The first-order chi connectivity index (χ1) is 8.01. The fourth-order valence-corrected chi connectivity index (χ4v) is 2.28. The number of aromatic nitrogens is 2. The van der Waals surface area contributed by atoms with E-state index >= 15 is 0 Å². The summed E-state index contributed by atoms with van der Waals surface area (Å²) < 4.78 is 1.97. The lowest BCUT2D eigenvalue weighted by Crippen LogP contribution is -2.21. The van der Waals surface area contributed by atoms with E-state index in [9.17, 15) is 0 Å². The third-order valence-corrected chi connectivity index (χ3v) is 4.11. The molecule has 4 heteroatoms. The second-order valence-corrected chi connectivity index (χ2v) is 5.19. The van der Waals surface area contributed by atoms with Crippen molar-refractivity contribution in [1.82, 2.24) is 9.78 Å². The molecule has 0 fully saturated rings. The van der Waals surface area contributed by atoms with Crippen molar-refractivity contribution in [3.05, 3.63) is 29.1 Å². The van der Waals surface area contributed by atoms with Gasteiger partial charge in [-0.05, 0) is 13.3 Å². The highest BCUT2D eigenvalue weighted by Crippen LogP contribution is 2.31. The van der Waals surface area contributed by atoms with E-state index in [1.54, 1.807) is 0 Å². The topological polar surface area (TPSA) is 17.8 Å². The molecule has 0 aliphatic heterocycles. The fraction of sp³-hybridized carbons (Fsp3) is 0.615. The van der Waals surface area contributed by atoms with Crippen LogP contribution < -0.4 is 0 Å². The lowest BCUT2D eigenvalue weighted by Gasteiger charge is -2.23. The number of aryl methyl sites for hydroxylation is 2. The molecule has 1 atom stereocenters. The standard InChI is InChI=1S/C13H20Cl2N2/c1-5-10-12(15)11(17(7-3)16-10)8-13(4,6-2)9-14/h6H,2,5,7-9H2,1,3-4H3. The normalized spacial score (nSPS) is 14.6. The lowest BCUT2D eigenvalue weighted by atomic mass is 9.87. The van der Waals surface area contributed by atoms with Gasteiger partial charge in [0.2, 0.25) is 0 Å². The van der Waals surface area contributed by atoms with Crippen molar-refractivity contribution >= 4 is 23.2 Å². The fourth-order valence-electron chi connectivity index (χ4n) is 1.74. The minimum absolute atomic E-state index is 0.136. The first kappa shape index (κ1) is 14.6. The molecule has 0 N–H and O–H groups in total. The van der Waals surface area contributed by atoms with Gasteiger partial charge in [0.15, 0.2) is 0 Å². The molecule has 0 amide bonds. The molecule has 0 spiro atoms. The van der Waals surface area contributed by atoms with Crippen LogP contribution in [0.4, 0.5) is 0 Å². The third-order valence-electron chi connectivity index (χ3n) is 3.06. The van der Waals surface area contributed by atoms with Crippen molar-refractivity contribution in [3.63, 3.8) is 0 Å². The minimum atomic E-state index is -0.136. The highest BCUT2D eigenvalue weighted by atomic mass is 35.5. The van der Waals surface area contributed by atoms with Crippen LogP contribution in [-0.4, -0.2) is 15.7 Å². The van der Waals surface area contributed by atoms with Crippen LogP contribution >= 0.6 is 23.2 Å². The zero-order valence-electron chi connectivity index (χ0n) is 10.8. The zero-order valence-corrected chi connectivity index (χ0v) is 12.3. The van der Waals surface area contributed by atoms with Crippen molar-refractivity contribution in [2.24, 2.45) is 5.41 Å². The SMILES string of the molecule is C=CC(C)(CCl)Cc1c(Cl)c(CC)nn1CC. The Morgan fingerprint density at radius 3 is 2.53 bits per heavy atom. The Kier molecular flexibility index (Phi) is 5.08. The van der Waals surface area contributed by atoms with Gasteiger partial charge in [0, 0.05) is 24.3 Å². The molecule has 1 heterocycles. The molecule has 0 aromatic carbocycles.